The highest BCUT2D eigenvalue weighted by Gasteiger charge is 2.22. The summed E-state index contributed by atoms with van der Waals surface area (Å²) in [4.78, 5) is 10.5. The van der Waals surface area contributed by atoms with Crippen LogP contribution in [-0.4, -0.2) is 23.1 Å². The Morgan fingerprint density at radius 1 is 1.30 bits per heavy atom. The lowest BCUT2D eigenvalue weighted by atomic mass is 10.2. The summed E-state index contributed by atoms with van der Waals surface area (Å²) in [6, 6.07) is 6.85. The highest BCUT2D eigenvalue weighted by molar-refractivity contribution is 5.68. The minimum Gasteiger partial charge on any atom is -0.370 e. The second-order valence-corrected chi connectivity index (χ2v) is 4.86. The van der Waals surface area contributed by atoms with E-state index in [1.54, 1.807) is 12.4 Å². The van der Waals surface area contributed by atoms with E-state index in [4.69, 9.17) is 0 Å². The van der Waals surface area contributed by atoms with Crippen molar-refractivity contribution in [1.29, 1.82) is 0 Å². The van der Waals surface area contributed by atoms with Crippen molar-refractivity contribution in [2.45, 2.75) is 19.8 Å². The predicted octanol–water partition coefficient (Wildman–Crippen LogP) is 3.13. The molecule has 5 heteroatoms. The van der Waals surface area contributed by atoms with Gasteiger partial charge in [-0.3, -0.25) is 0 Å². The number of hydrogen-bond donors (Lipinski definition) is 1. The molecule has 0 fully saturated rings. The van der Waals surface area contributed by atoms with Crippen molar-refractivity contribution in [3.63, 3.8) is 0 Å². The van der Waals surface area contributed by atoms with Gasteiger partial charge in [-0.25, -0.2) is 14.4 Å². The SMILES string of the molecule is CCCNc1cc(N2CCc3ccc(F)cc32)ncn1. The number of aromatic nitrogens is 2. The Morgan fingerprint density at radius 3 is 3.05 bits per heavy atom. The molecule has 1 aliphatic rings. The third-order valence-corrected chi connectivity index (χ3v) is 3.43. The number of nitrogens with one attached hydrogen (secondary N) is 1. The normalized spacial score (nSPS) is 13.4. The van der Waals surface area contributed by atoms with Crippen molar-refractivity contribution in [3.05, 3.63) is 42.0 Å². The Bertz CT molecular complexity index is 615. The van der Waals surface area contributed by atoms with Crippen LogP contribution < -0.4 is 10.2 Å². The van der Waals surface area contributed by atoms with Crippen LogP contribution in [0.4, 0.5) is 21.7 Å². The maximum Gasteiger partial charge on any atom is 0.138 e. The Labute approximate surface area is 117 Å². The van der Waals surface area contributed by atoms with Crippen molar-refractivity contribution in [3.8, 4) is 0 Å². The molecule has 0 amide bonds. The van der Waals surface area contributed by atoms with Gasteiger partial charge in [0.15, 0.2) is 0 Å². The van der Waals surface area contributed by atoms with Crippen LogP contribution in [-0.2, 0) is 6.42 Å². The molecule has 0 saturated heterocycles. The molecule has 3 rings (SSSR count). The van der Waals surface area contributed by atoms with E-state index in [9.17, 15) is 4.39 Å². The molecule has 4 nitrogen and oxygen atoms in total. The highest BCUT2D eigenvalue weighted by Crippen LogP contribution is 2.34. The zero-order valence-electron chi connectivity index (χ0n) is 11.4. The van der Waals surface area contributed by atoms with E-state index in [0.29, 0.717) is 0 Å². The number of anilines is 3. The van der Waals surface area contributed by atoms with Gasteiger partial charge in [-0.05, 0) is 30.5 Å². The van der Waals surface area contributed by atoms with E-state index in [0.717, 1.165) is 48.8 Å². The average molecular weight is 272 g/mol. The van der Waals surface area contributed by atoms with Gasteiger partial charge >= 0.3 is 0 Å². The van der Waals surface area contributed by atoms with E-state index in [-0.39, 0.29) is 5.82 Å². The van der Waals surface area contributed by atoms with Crippen LogP contribution in [0.3, 0.4) is 0 Å². The van der Waals surface area contributed by atoms with Gasteiger partial charge in [0.1, 0.15) is 23.8 Å². The third-order valence-electron chi connectivity index (χ3n) is 3.43. The third kappa shape index (κ3) is 2.43. The number of hydrogen-bond acceptors (Lipinski definition) is 4. The second kappa shape index (κ2) is 5.45. The maximum absolute atomic E-state index is 13.4. The Hall–Kier alpha value is -2.17. The van der Waals surface area contributed by atoms with Gasteiger partial charge in [0, 0.05) is 24.8 Å². The van der Waals surface area contributed by atoms with Crippen LogP contribution in [0.15, 0.2) is 30.6 Å². The lowest BCUT2D eigenvalue weighted by Crippen LogP contribution is -2.15. The summed E-state index contributed by atoms with van der Waals surface area (Å²) in [5, 5.41) is 3.24. The molecular formula is C15H17FN4. The molecule has 1 aliphatic heterocycles. The Kier molecular flexibility index (Phi) is 3.50. The smallest absolute Gasteiger partial charge is 0.138 e. The van der Waals surface area contributed by atoms with Crippen molar-refractivity contribution in [2.75, 3.05) is 23.3 Å². The summed E-state index contributed by atoms with van der Waals surface area (Å²) in [5.41, 5.74) is 2.07. The zero-order chi connectivity index (χ0) is 13.9. The molecule has 0 bridgehead atoms. The zero-order valence-corrected chi connectivity index (χ0v) is 11.4. The van der Waals surface area contributed by atoms with Gasteiger partial charge in [-0.2, -0.15) is 0 Å². The van der Waals surface area contributed by atoms with Crippen LogP contribution in [0.5, 0.6) is 0 Å². The van der Waals surface area contributed by atoms with Gasteiger partial charge in [-0.1, -0.05) is 13.0 Å². The molecule has 0 unspecified atom stereocenters. The average Bonchev–Trinajstić information content (AvgIpc) is 2.88. The summed E-state index contributed by atoms with van der Waals surface area (Å²) in [7, 11) is 0. The van der Waals surface area contributed by atoms with E-state index in [2.05, 4.69) is 22.2 Å². The monoisotopic (exact) mass is 272 g/mol. The fraction of sp³-hybridized carbons (Fsp3) is 0.333. The highest BCUT2D eigenvalue weighted by atomic mass is 19.1. The van der Waals surface area contributed by atoms with Crippen molar-refractivity contribution < 1.29 is 4.39 Å². The van der Waals surface area contributed by atoms with Crippen molar-refractivity contribution >= 4 is 17.3 Å². The van der Waals surface area contributed by atoms with Crippen molar-refractivity contribution in [1.82, 2.24) is 9.97 Å². The fourth-order valence-corrected chi connectivity index (χ4v) is 2.43. The standard InChI is InChI=1S/C15H17FN4/c1-2-6-17-14-9-15(19-10-18-14)20-7-5-11-3-4-12(16)8-13(11)20/h3-4,8-10H,2,5-7H2,1H3,(H,17,18,19). The predicted molar refractivity (Wildman–Crippen MR) is 77.9 cm³/mol. The summed E-state index contributed by atoms with van der Waals surface area (Å²) in [5.74, 6) is 1.40. The molecule has 104 valence electrons. The largest absolute Gasteiger partial charge is 0.370 e. The molecule has 0 atom stereocenters. The Balaban J connectivity index is 1.90. The van der Waals surface area contributed by atoms with E-state index < -0.39 is 0 Å². The minimum atomic E-state index is -0.214. The van der Waals surface area contributed by atoms with E-state index >= 15 is 0 Å². The summed E-state index contributed by atoms with van der Waals surface area (Å²) >= 11 is 0. The van der Waals surface area contributed by atoms with Crippen molar-refractivity contribution in [2.24, 2.45) is 0 Å². The molecular weight excluding hydrogens is 255 g/mol. The molecule has 2 aromatic rings. The van der Waals surface area contributed by atoms with Gasteiger partial charge < -0.3 is 10.2 Å². The molecule has 1 aromatic heterocycles. The number of halogens is 1. The van der Waals surface area contributed by atoms with Gasteiger partial charge in [0.25, 0.3) is 0 Å². The molecule has 20 heavy (non-hydrogen) atoms. The Morgan fingerprint density at radius 2 is 2.20 bits per heavy atom. The molecule has 1 aromatic carbocycles. The number of nitrogens with zero attached hydrogens (tertiary/aromatic N) is 3. The number of benzene rings is 1. The topological polar surface area (TPSA) is 41.0 Å². The molecule has 1 N–H and O–H groups in total. The van der Waals surface area contributed by atoms with Gasteiger partial charge in [-0.15, -0.1) is 0 Å². The van der Waals surface area contributed by atoms with Crippen LogP contribution in [0.1, 0.15) is 18.9 Å². The minimum absolute atomic E-state index is 0.214. The van der Waals surface area contributed by atoms with Crippen LogP contribution >= 0.6 is 0 Å². The summed E-state index contributed by atoms with van der Waals surface area (Å²) < 4.78 is 13.4. The molecule has 0 radical (unpaired) electrons. The summed E-state index contributed by atoms with van der Waals surface area (Å²) in [6.07, 6.45) is 3.50. The summed E-state index contributed by atoms with van der Waals surface area (Å²) in [6.45, 7) is 3.80. The first-order valence-electron chi connectivity index (χ1n) is 6.90. The number of fused-ring (bicyclic) bond motifs is 1. The first kappa shape index (κ1) is 12.8. The van der Waals surface area contributed by atoms with Crippen LogP contribution in [0.25, 0.3) is 0 Å². The maximum atomic E-state index is 13.4. The van der Waals surface area contributed by atoms with E-state index in [1.807, 2.05) is 17.0 Å². The molecule has 0 saturated carbocycles. The fourth-order valence-electron chi connectivity index (χ4n) is 2.43. The quantitative estimate of drug-likeness (QED) is 0.928. The second-order valence-electron chi connectivity index (χ2n) is 4.86. The number of rotatable bonds is 4. The molecule has 0 aliphatic carbocycles. The van der Waals surface area contributed by atoms with Gasteiger partial charge in [0.05, 0.1) is 0 Å². The molecule has 0 spiro atoms. The molecule has 2 heterocycles. The lowest BCUT2D eigenvalue weighted by Gasteiger charge is -2.18. The first-order valence-corrected chi connectivity index (χ1v) is 6.90. The van der Waals surface area contributed by atoms with Crippen LogP contribution in [0, 0.1) is 5.82 Å². The lowest BCUT2D eigenvalue weighted by molar-refractivity contribution is 0.628. The van der Waals surface area contributed by atoms with Gasteiger partial charge in [0.2, 0.25) is 0 Å². The van der Waals surface area contributed by atoms with E-state index in [1.165, 1.54) is 6.07 Å². The first-order chi connectivity index (χ1) is 9.78. The van der Waals surface area contributed by atoms with Crippen LogP contribution in [0.2, 0.25) is 0 Å².